The van der Waals surface area contributed by atoms with Crippen molar-refractivity contribution in [1.29, 1.82) is 0 Å². The van der Waals surface area contributed by atoms with Crippen LogP contribution in [0.2, 0.25) is 10.0 Å². The summed E-state index contributed by atoms with van der Waals surface area (Å²) >= 11 is 11.9. The zero-order chi connectivity index (χ0) is 16.5. The van der Waals surface area contributed by atoms with Gasteiger partial charge in [-0.1, -0.05) is 47.5 Å². The molecule has 0 fully saturated rings. The van der Waals surface area contributed by atoms with Crippen LogP contribution in [-0.2, 0) is 0 Å². The van der Waals surface area contributed by atoms with Crippen molar-refractivity contribution in [2.75, 3.05) is 5.43 Å². The smallest absolute Gasteiger partial charge is 0.265 e. The van der Waals surface area contributed by atoms with Crippen LogP contribution in [0.15, 0.2) is 47.6 Å². The lowest BCUT2D eigenvalue weighted by Crippen LogP contribution is -1.99. The number of hydrazone groups is 1. The van der Waals surface area contributed by atoms with E-state index in [-0.39, 0.29) is 5.95 Å². The first kappa shape index (κ1) is 14.9. The van der Waals surface area contributed by atoms with Gasteiger partial charge >= 0.3 is 0 Å². The van der Waals surface area contributed by atoms with Gasteiger partial charge in [0.1, 0.15) is 5.52 Å². The standard InChI is InChI=1S/C16H10Cl2N6/c17-10-6-5-9(12(18)7-10)8-19-23-16-21-15-14(22-24-16)11-3-1-2-4-13(11)20-15/h1-8H,(H2,20,21,23,24). The zero-order valence-corrected chi connectivity index (χ0v) is 13.7. The Kier molecular flexibility index (Phi) is 3.76. The number of anilines is 1. The molecule has 2 N–H and O–H groups in total. The van der Waals surface area contributed by atoms with Gasteiger partial charge in [-0.15, -0.1) is 10.2 Å². The molecule has 0 unspecified atom stereocenters. The molecule has 0 spiro atoms. The summed E-state index contributed by atoms with van der Waals surface area (Å²) in [6, 6.07) is 13.0. The average molecular weight is 357 g/mol. The fourth-order valence-corrected chi connectivity index (χ4v) is 2.79. The quantitative estimate of drug-likeness (QED) is 0.424. The Morgan fingerprint density at radius 3 is 2.83 bits per heavy atom. The minimum absolute atomic E-state index is 0.287. The molecule has 0 aliphatic heterocycles. The molecule has 0 bridgehead atoms. The van der Waals surface area contributed by atoms with Crippen LogP contribution in [-0.4, -0.2) is 26.4 Å². The third-order valence-electron chi connectivity index (χ3n) is 3.45. The molecule has 0 amide bonds. The number of para-hydroxylation sites is 1. The minimum Gasteiger partial charge on any atom is -0.338 e. The van der Waals surface area contributed by atoms with E-state index in [0.29, 0.717) is 15.7 Å². The predicted octanol–water partition coefficient (Wildman–Crippen LogP) is 4.26. The second-order valence-electron chi connectivity index (χ2n) is 5.04. The molecule has 0 radical (unpaired) electrons. The molecule has 118 valence electrons. The predicted molar refractivity (Wildman–Crippen MR) is 96.9 cm³/mol. The number of hydrogen-bond acceptors (Lipinski definition) is 5. The molecule has 2 heterocycles. The van der Waals surface area contributed by atoms with E-state index >= 15 is 0 Å². The first-order valence-electron chi connectivity index (χ1n) is 7.06. The third-order valence-corrected chi connectivity index (χ3v) is 4.02. The molecular weight excluding hydrogens is 347 g/mol. The topological polar surface area (TPSA) is 78.8 Å². The Bertz CT molecular complexity index is 1070. The van der Waals surface area contributed by atoms with Crippen molar-refractivity contribution in [2.24, 2.45) is 5.10 Å². The number of aromatic nitrogens is 4. The van der Waals surface area contributed by atoms with Crippen molar-refractivity contribution >= 4 is 57.4 Å². The molecule has 4 rings (SSSR count). The van der Waals surface area contributed by atoms with Crippen molar-refractivity contribution < 1.29 is 0 Å². The van der Waals surface area contributed by atoms with E-state index in [1.54, 1.807) is 24.4 Å². The highest BCUT2D eigenvalue weighted by atomic mass is 35.5. The number of benzene rings is 2. The van der Waals surface area contributed by atoms with E-state index < -0.39 is 0 Å². The fraction of sp³-hybridized carbons (Fsp3) is 0. The van der Waals surface area contributed by atoms with E-state index in [9.17, 15) is 0 Å². The van der Waals surface area contributed by atoms with E-state index in [0.717, 1.165) is 22.0 Å². The van der Waals surface area contributed by atoms with Crippen LogP contribution in [0.4, 0.5) is 5.95 Å². The SMILES string of the molecule is Clc1ccc(C=NNc2nnc3c(n2)[nH]c2ccccc23)c(Cl)c1. The summed E-state index contributed by atoms with van der Waals surface area (Å²) in [5, 5.41) is 14.4. The molecule has 0 aliphatic rings. The average Bonchev–Trinajstić information content (AvgIpc) is 2.94. The Morgan fingerprint density at radius 1 is 1.08 bits per heavy atom. The van der Waals surface area contributed by atoms with Gasteiger partial charge in [-0.05, 0) is 18.2 Å². The second-order valence-corrected chi connectivity index (χ2v) is 5.88. The third kappa shape index (κ3) is 2.77. The summed E-state index contributed by atoms with van der Waals surface area (Å²) in [5.41, 5.74) is 5.81. The highest BCUT2D eigenvalue weighted by Gasteiger charge is 2.08. The van der Waals surface area contributed by atoms with Crippen molar-refractivity contribution in [1.82, 2.24) is 20.2 Å². The number of aromatic amines is 1. The number of halogens is 2. The van der Waals surface area contributed by atoms with Gasteiger partial charge in [-0.25, -0.2) is 5.43 Å². The maximum atomic E-state index is 6.08. The molecule has 6 nitrogen and oxygen atoms in total. The van der Waals surface area contributed by atoms with Crippen LogP contribution in [0.5, 0.6) is 0 Å². The van der Waals surface area contributed by atoms with Gasteiger partial charge in [0.05, 0.1) is 11.2 Å². The van der Waals surface area contributed by atoms with Gasteiger partial charge in [-0.2, -0.15) is 10.1 Å². The molecule has 8 heteroatoms. The summed E-state index contributed by atoms with van der Waals surface area (Å²) in [6.07, 6.45) is 1.57. The van der Waals surface area contributed by atoms with Crippen LogP contribution in [0.1, 0.15) is 5.56 Å². The molecule has 0 atom stereocenters. The van der Waals surface area contributed by atoms with E-state index in [4.69, 9.17) is 23.2 Å². The van der Waals surface area contributed by atoms with Gasteiger partial charge in [0, 0.05) is 21.5 Å². The number of nitrogens with zero attached hydrogens (tertiary/aromatic N) is 4. The lowest BCUT2D eigenvalue weighted by Gasteiger charge is -1.99. The number of fused-ring (bicyclic) bond motifs is 3. The lowest BCUT2D eigenvalue weighted by atomic mass is 10.2. The lowest BCUT2D eigenvalue weighted by molar-refractivity contribution is 1.01. The van der Waals surface area contributed by atoms with Gasteiger partial charge in [-0.3, -0.25) is 0 Å². The second kappa shape index (κ2) is 6.07. The Balaban J connectivity index is 1.60. The Labute approximate surface area is 146 Å². The van der Waals surface area contributed by atoms with E-state index in [1.807, 2.05) is 24.3 Å². The summed E-state index contributed by atoms with van der Waals surface area (Å²) in [4.78, 5) is 7.57. The normalized spacial score (nSPS) is 11.6. The van der Waals surface area contributed by atoms with E-state index in [2.05, 4.69) is 30.7 Å². The molecule has 24 heavy (non-hydrogen) atoms. The minimum atomic E-state index is 0.287. The summed E-state index contributed by atoms with van der Waals surface area (Å²) in [7, 11) is 0. The van der Waals surface area contributed by atoms with Crippen LogP contribution in [0.25, 0.3) is 22.1 Å². The van der Waals surface area contributed by atoms with Gasteiger partial charge in [0.2, 0.25) is 0 Å². The maximum absolute atomic E-state index is 6.08. The maximum Gasteiger partial charge on any atom is 0.265 e. The Morgan fingerprint density at radius 2 is 1.96 bits per heavy atom. The molecule has 2 aromatic carbocycles. The van der Waals surface area contributed by atoms with Crippen LogP contribution < -0.4 is 5.43 Å². The molecule has 0 aliphatic carbocycles. The zero-order valence-electron chi connectivity index (χ0n) is 12.2. The number of nitrogens with one attached hydrogen (secondary N) is 2. The van der Waals surface area contributed by atoms with Crippen molar-refractivity contribution in [2.45, 2.75) is 0 Å². The van der Waals surface area contributed by atoms with Crippen LogP contribution in [0.3, 0.4) is 0 Å². The largest absolute Gasteiger partial charge is 0.338 e. The summed E-state index contributed by atoms with van der Waals surface area (Å²) in [5.74, 6) is 0.287. The molecule has 0 saturated carbocycles. The Hall–Kier alpha value is -2.70. The molecule has 2 aromatic heterocycles. The fourth-order valence-electron chi connectivity index (χ4n) is 2.33. The highest BCUT2D eigenvalue weighted by molar-refractivity contribution is 6.36. The summed E-state index contributed by atoms with van der Waals surface area (Å²) in [6.45, 7) is 0. The first-order valence-corrected chi connectivity index (χ1v) is 7.81. The molecule has 0 saturated heterocycles. The highest BCUT2D eigenvalue weighted by Crippen LogP contribution is 2.22. The summed E-state index contributed by atoms with van der Waals surface area (Å²) < 4.78 is 0. The first-order chi connectivity index (χ1) is 11.7. The monoisotopic (exact) mass is 356 g/mol. The van der Waals surface area contributed by atoms with Gasteiger partial charge in [0.25, 0.3) is 5.95 Å². The van der Waals surface area contributed by atoms with Crippen LogP contribution >= 0.6 is 23.2 Å². The van der Waals surface area contributed by atoms with Gasteiger partial charge < -0.3 is 4.98 Å². The van der Waals surface area contributed by atoms with Crippen molar-refractivity contribution in [3.63, 3.8) is 0 Å². The molecular formula is C16H10Cl2N6. The number of hydrogen-bond donors (Lipinski definition) is 2. The van der Waals surface area contributed by atoms with Gasteiger partial charge in [0.15, 0.2) is 5.65 Å². The number of rotatable bonds is 3. The van der Waals surface area contributed by atoms with Crippen LogP contribution in [0, 0.1) is 0 Å². The number of H-pyrrole nitrogens is 1. The van der Waals surface area contributed by atoms with Crippen molar-refractivity contribution in [3.05, 3.63) is 58.1 Å². The molecule has 4 aromatic rings. The van der Waals surface area contributed by atoms with Crippen molar-refractivity contribution in [3.8, 4) is 0 Å². The van der Waals surface area contributed by atoms with E-state index in [1.165, 1.54) is 0 Å².